The highest BCUT2D eigenvalue weighted by Crippen LogP contribution is 2.20. The Hall–Kier alpha value is -0.890. The minimum Gasteiger partial charge on any atom is -0.464 e. The van der Waals surface area contributed by atoms with E-state index in [0.717, 1.165) is 19.5 Å². The summed E-state index contributed by atoms with van der Waals surface area (Å²) in [5.41, 5.74) is 5.45. The summed E-state index contributed by atoms with van der Waals surface area (Å²) < 4.78 is 32.3. The quantitative estimate of drug-likeness (QED) is 0.812. The first kappa shape index (κ1) is 14.5. The molecule has 2 heterocycles. The first-order chi connectivity index (χ1) is 8.92. The van der Waals surface area contributed by atoms with E-state index in [9.17, 15) is 8.42 Å². The SMILES string of the molecule is Cc1oc(CN)cc1S(=O)(=O)NCC1CCN(C)C1. The largest absolute Gasteiger partial charge is 0.464 e. The zero-order chi connectivity index (χ0) is 14.0. The third-order valence-electron chi connectivity index (χ3n) is 3.46. The van der Waals surface area contributed by atoms with Gasteiger partial charge in [-0.25, -0.2) is 13.1 Å². The molecule has 0 saturated carbocycles. The summed E-state index contributed by atoms with van der Waals surface area (Å²) >= 11 is 0. The molecule has 0 bridgehead atoms. The lowest BCUT2D eigenvalue weighted by atomic mass is 10.1. The fraction of sp³-hybridized carbons (Fsp3) is 0.667. The Morgan fingerprint density at radius 2 is 2.32 bits per heavy atom. The molecule has 1 aliphatic rings. The highest BCUT2D eigenvalue weighted by atomic mass is 32.2. The Kier molecular flexibility index (Phi) is 4.29. The van der Waals surface area contributed by atoms with Crippen molar-refractivity contribution in [1.82, 2.24) is 9.62 Å². The molecule has 1 aliphatic heterocycles. The van der Waals surface area contributed by atoms with Crippen molar-refractivity contribution < 1.29 is 12.8 Å². The molecule has 2 rings (SSSR count). The lowest BCUT2D eigenvalue weighted by Crippen LogP contribution is -2.30. The van der Waals surface area contributed by atoms with Gasteiger partial charge in [0.1, 0.15) is 16.4 Å². The first-order valence-corrected chi connectivity index (χ1v) is 7.88. The van der Waals surface area contributed by atoms with Crippen molar-refractivity contribution in [3.63, 3.8) is 0 Å². The van der Waals surface area contributed by atoms with Gasteiger partial charge in [-0.05, 0) is 32.9 Å². The second kappa shape index (κ2) is 5.62. The summed E-state index contributed by atoms with van der Waals surface area (Å²) in [6, 6.07) is 1.50. The predicted octanol–water partition coefficient (Wildman–Crippen LogP) is 0.277. The molecule has 1 saturated heterocycles. The summed E-state index contributed by atoms with van der Waals surface area (Å²) in [5.74, 6) is 1.25. The summed E-state index contributed by atoms with van der Waals surface area (Å²) in [7, 11) is -1.46. The number of aryl methyl sites for hydroxylation is 1. The molecule has 1 atom stereocenters. The average molecular weight is 287 g/mol. The fourth-order valence-corrected chi connectivity index (χ4v) is 3.71. The van der Waals surface area contributed by atoms with Gasteiger partial charge in [0, 0.05) is 19.2 Å². The van der Waals surface area contributed by atoms with E-state index in [0.29, 0.717) is 24.0 Å². The van der Waals surface area contributed by atoms with Gasteiger partial charge in [0.25, 0.3) is 0 Å². The molecule has 0 amide bonds. The molecule has 0 radical (unpaired) electrons. The number of furan rings is 1. The van der Waals surface area contributed by atoms with Gasteiger partial charge in [0.15, 0.2) is 0 Å². The van der Waals surface area contributed by atoms with Crippen molar-refractivity contribution in [1.29, 1.82) is 0 Å². The normalized spacial score (nSPS) is 21.1. The molecule has 1 fully saturated rings. The van der Waals surface area contributed by atoms with E-state index >= 15 is 0 Å². The second-order valence-electron chi connectivity index (χ2n) is 5.11. The Morgan fingerprint density at radius 3 is 2.84 bits per heavy atom. The molecule has 0 aromatic carbocycles. The highest BCUT2D eigenvalue weighted by molar-refractivity contribution is 7.89. The van der Waals surface area contributed by atoms with Crippen LogP contribution >= 0.6 is 0 Å². The van der Waals surface area contributed by atoms with E-state index in [1.807, 2.05) is 7.05 Å². The molecule has 0 spiro atoms. The van der Waals surface area contributed by atoms with Crippen LogP contribution in [0.4, 0.5) is 0 Å². The van der Waals surface area contributed by atoms with Gasteiger partial charge < -0.3 is 15.1 Å². The maximum absolute atomic E-state index is 12.2. The van der Waals surface area contributed by atoms with E-state index in [2.05, 4.69) is 9.62 Å². The number of hydrogen-bond donors (Lipinski definition) is 2. The second-order valence-corrected chi connectivity index (χ2v) is 6.84. The highest BCUT2D eigenvalue weighted by Gasteiger charge is 2.25. The van der Waals surface area contributed by atoms with Gasteiger partial charge in [-0.3, -0.25) is 0 Å². The molecule has 108 valence electrons. The van der Waals surface area contributed by atoms with Crippen molar-refractivity contribution in [2.24, 2.45) is 11.7 Å². The van der Waals surface area contributed by atoms with Gasteiger partial charge in [-0.1, -0.05) is 0 Å². The van der Waals surface area contributed by atoms with Crippen LogP contribution in [0.25, 0.3) is 0 Å². The number of nitrogens with two attached hydrogens (primary N) is 1. The summed E-state index contributed by atoms with van der Waals surface area (Å²) in [6.07, 6.45) is 1.03. The van der Waals surface area contributed by atoms with Crippen LogP contribution in [-0.4, -0.2) is 40.0 Å². The number of rotatable bonds is 5. The predicted molar refractivity (Wildman–Crippen MR) is 72.1 cm³/mol. The molecule has 1 aromatic heterocycles. The monoisotopic (exact) mass is 287 g/mol. The minimum atomic E-state index is -3.50. The first-order valence-electron chi connectivity index (χ1n) is 6.40. The van der Waals surface area contributed by atoms with Crippen molar-refractivity contribution in [3.05, 3.63) is 17.6 Å². The molecule has 3 N–H and O–H groups in total. The van der Waals surface area contributed by atoms with Crippen molar-refractivity contribution in [2.45, 2.75) is 24.8 Å². The Balaban J connectivity index is 2.03. The molecule has 0 aliphatic carbocycles. The topological polar surface area (TPSA) is 88.6 Å². The lowest BCUT2D eigenvalue weighted by Gasteiger charge is -2.11. The number of likely N-dealkylation sites (tertiary alicyclic amines) is 1. The fourth-order valence-electron chi connectivity index (χ4n) is 2.39. The molecule has 7 heteroatoms. The van der Waals surface area contributed by atoms with Crippen LogP contribution in [0.15, 0.2) is 15.4 Å². The van der Waals surface area contributed by atoms with Gasteiger partial charge in [-0.2, -0.15) is 0 Å². The van der Waals surface area contributed by atoms with Crippen LogP contribution < -0.4 is 10.5 Å². The van der Waals surface area contributed by atoms with E-state index in [1.54, 1.807) is 6.92 Å². The van der Waals surface area contributed by atoms with E-state index < -0.39 is 10.0 Å². The summed E-state index contributed by atoms with van der Waals surface area (Å²) in [4.78, 5) is 2.40. The van der Waals surface area contributed by atoms with E-state index in [1.165, 1.54) is 6.07 Å². The number of nitrogens with one attached hydrogen (secondary N) is 1. The third-order valence-corrected chi connectivity index (χ3v) is 5.00. The Bertz CT molecular complexity index is 538. The smallest absolute Gasteiger partial charge is 0.244 e. The Labute approximate surface area is 114 Å². The maximum atomic E-state index is 12.2. The molecular formula is C12H21N3O3S. The number of nitrogens with zero attached hydrogens (tertiary/aromatic N) is 1. The van der Waals surface area contributed by atoms with E-state index in [-0.39, 0.29) is 11.4 Å². The lowest BCUT2D eigenvalue weighted by molar-refractivity contribution is 0.394. The minimum absolute atomic E-state index is 0.194. The van der Waals surface area contributed by atoms with E-state index in [4.69, 9.17) is 10.2 Å². The average Bonchev–Trinajstić information content (AvgIpc) is 2.93. The van der Waals surface area contributed by atoms with Gasteiger partial charge >= 0.3 is 0 Å². The van der Waals surface area contributed by atoms with Gasteiger partial charge in [0.2, 0.25) is 10.0 Å². The molecule has 6 nitrogen and oxygen atoms in total. The third kappa shape index (κ3) is 3.36. The van der Waals surface area contributed by atoms with Gasteiger partial charge in [0.05, 0.1) is 6.54 Å². The van der Waals surface area contributed by atoms with Crippen LogP contribution in [-0.2, 0) is 16.6 Å². The van der Waals surface area contributed by atoms with Crippen molar-refractivity contribution >= 4 is 10.0 Å². The zero-order valence-corrected chi connectivity index (χ0v) is 12.2. The Morgan fingerprint density at radius 1 is 1.58 bits per heavy atom. The molecule has 19 heavy (non-hydrogen) atoms. The summed E-state index contributed by atoms with van der Waals surface area (Å²) in [5, 5.41) is 0. The van der Waals surface area contributed by atoms with Crippen LogP contribution in [0, 0.1) is 12.8 Å². The number of sulfonamides is 1. The van der Waals surface area contributed by atoms with Crippen molar-refractivity contribution in [3.8, 4) is 0 Å². The molecule has 1 aromatic rings. The van der Waals surface area contributed by atoms with Crippen LogP contribution in [0.1, 0.15) is 17.9 Å². The molecule has 1 unspecified atom stereocenters. The van der Waals surface area contributed by atoms with Crippen molar-refractivity contribution in [2.75, 3.05) is 26.7 Å². The zero-order valence-electron chi connectivity index (χ0n) is 11.3. The summed E-state index contributed by atoms with van der Waals surface area (Å²) in [6.45, 7) is 4.26. The van der Waals surface area contributed by atoms with Crippen LogP contribution in [0.3, 0.4) is 0 Å². The number of hydrogen-bond acceptors (Lipinski definition) is 5. The maximum Gasteiger partial charge on any atom is 0.244 e. The van der Waals surface area contributed by atoms with Crippen LogP contribution in [0.5, 0.6) is 0 Å². The molecular weight excluding hydrogens is 266 g/mol. The van der Waals surface area contributed by atoms with Gasteiger partial charge in [-0.15, -0.1) is 0 Å². The standard InChI is InChI=1S/C12H21N3O3S/c1-9-12(5-11(6-13)18-9)19(16,17)14-7-10-3-4-15(2)8-10/h5,10,14H,3-4,6-8,13H2,1-2H3. The van der Waals surface area contributed by atoms with Crippen LogP contribution in [0.2, 0.25) is 0 Å².